The third-order valence-corrected chi connectivity index (χ3v) is 5.27. The van der Waals surface area contributed by atoms with E-state index < -0.39 is 0 Å². The van der Waals surface area contributed by atoms with E-state index in [2.05, 4.69) is 25.3 Å². The molecule has 132 valence electrons. The monoisotopic (exact) mass is 366 g/mol. The Morgan fingerprint density at radius 2 is 2.15 bits per heavy atom. The SMILES string of the molecule is CCO/N=C1\CCCc2nnc(-c3sc(-c4cccnc4)nc3C)nc21. The van der Waals surface area contributed by atoms with Crippen molar-refractivity contribution in [3.05, 3.63) is 41.6 Å². The number of thiazole rings is 1. The van der Waals surface area contributed by atoms with Crippen molar-refractivity contribution in [2.24, 2.45) is 5.16 Å². The smallest absolute Gasteiger partial charge is 0.194 e. The molecule has 0 unspecified atom stereocenters. The number of hydrogen-bond acceptors (Lipinski definition) is 8. The summed E-state index contributed by atoms with van der Waals surface area (Å²) in [5, 5.41) is 13.9. The Labute approximate surface area is 155 Å². The number of pyridine rings is 1. The Hall–Kier alpha value is -2.74. The van der Waals surface area contributed by atoms with Crippen molar-refractivity contribution in [1.29, 1.82) is 0 Å². The van der Waals surface area contributed by atoms with Gasteiger partial charge in [-0.25, -0.2) is 9.97 Å². The molecule has 26 heavy (non-hydrogen) atoms. The predicted molar refractivity (Wildman–Crippen MR) is 100 cm³/mol. The summed E-state index contributed by atoms with van der Waals surface area (Å²) in [6.45, 7) is 4.41. The molecule has 3 aromatic heterocycles. The van der Waals surface area contributed by atoms with Crippen LogP contribution >= 0.6 is 11.3 Å². The molecule has 0 spiro atoms. The lowest BCUT2D eigenvalue weighted by Gasteiger charge is -2.15. The van der Waals surface area contributed by atoms with Crippen LogP contribution in [0.2, 0.25) is 0 Å². The highest BCUT2D eigenvalue weighted by Crippen LogP contribution is 2.33. The van der Waals surface area contributed by atoms with Gasteiger partial charge < -0.3 is 4.84 Å². The first-order chi connectivity index (χ1) is 12.8. The lowest BCUT2D eigenvalue weighted by molar-refractivity contribution is 0.158. The van der Waals surface area contributed by atoms with Crippen molar-refractivity contribution < 1.29 is 4.84 Å². The zero-order valence-corrected chi connectivity index (χ0v) is 15.5. The van der Waals surface area contributed by atoms with Gasteiger partial charge in [0.2, 0.25) is 0 Å². The molecule has 3 aromatic rings. The molecular weight excluding hydrogens is 348 g/mol. The van der Waals surface area contributed by atoms with E-state index in [1.54, 1.807) is 23.7 Å². The second kappa shape index (κ2) is 7.25. The normalized spacial score (nSPS) is 15.1. The number of oxime groups is 1. The van der Waals surface area contributed by atoms with Crippen LogP contribution in [-0.4, -0.2) is 37.5 Å². The van der Waals surface area contributed by atoms with Crippen molar-refractivity contribution >= 4 is 17.0 Å². The van der Waals surface area contributed by atoms with Gasteiger partial charge in [0, 0.05) is 18.0 Å². The molecule has 0 saturated carbocycles. The molecule has 1 aliphatic carbocycles. The largest absolute Gasteiger partial charge is 0.396 e. The fourth-order valence-electron chi connectivity index (χ4n) is 2.83. The molecule has 0 bridgehead atoms. The third-order valence-electron chi connectivity index (χ3n) is 4.07. The first kappa shape index (κ1) is 16.7. The summed E-state index contributed by atoms with van der Waals surface area (Å²) in [5.41, 5.74) is 4.39. The van der Waals surface area contributed by atoms with Crippen molar-refractivity contribution in [2.75, 3.05) is 6.61 Å². The fraction of sp³-hybridized carbons (Fsp3) is 0.333. The van der Waals surface area contributed by atoms with E-state index in [0.29, 0.717) is 12.4 Å². The molecular formula is C18H18N6OS. The molecule has 0 N–H and O–H groups in total. The summed E-state index contributed by atoms with van der Waals surface area (Å²) >= 11 is 1.55. The molecule has 0 fully saturated rings. The summed E-state index contributed by atoms with van der Waals surface area (Å²) in [7, 11) is 0. The topological polar surface area (TPSA) is 86.0 Å². The van der Waals surface area contributed by atoms with Gasteiger partial charge in [-0.15, -0.1) is 16.4 Å². The van der Waals surface area contributed by atoms with Crippen LogP contribution in [0.15, 0.2) is 29.7 Å². The van der Waals surface area contributed by atoms with Gasteiger partial charge in [0.05, 0.1) is 16.3 Å². The highest BCUT2D eigenvalue weighted by Gasteiger charge is 2.23. The molecule has 0 amide bonds. The molecule has 7 nitrogen and oxygen atoms in total. The highest BCUT2D eigenvalue weighted by molar-refractivity contribution is 7.18. The van der Waals surface area contributed by atoms with Gasteiger partial charge in [0.25, 0.3) is 0 Å². The van der Waals surface area contributed by atoms with Gasteiger partial charge in [-0.1, -0.05) is 5.16 Å². The minimum absolute atomic E-state index is 0.534. The van der Waals surface area contributed by atoms with Crippen molar-refractivity contribution in [1.82, 2.24) is 25.1 Å². The van der Waals surface area contributed by atoms with Crippen LogP contribution in [0.1, 0.15) is 36.8 Å². The maximum Gasteiger partial charge on any atom is 0.194 e. The van der Waals surface area contributed by atoms with Crippen LogP contribution in [0.25, 0.3) is 21.3 Å². The van der Waals surface area contributed by atoms with Crippen LogP contribution in [0.3, 0.4) is 0 Å². The Balaban J connectivity index is 1.74. The van der Waals surface area contributed by atoms with Crippen LogP contribution in [0, 0.1) is 6.92 Å². The van der Waals surface area contributed by atoms with Gasteiger partial charge in [-0.3, -0.25) is 4.98 Å². The molecule has 3 heterocycles. The lowest BCUT2D eigenvalue weighted by Crippen LogP contribution is -2.18. The van der Waals surface area contributed by atoms with Gasteiger partial charge >= 0.3 is 0 Å². The molecule has 0 aliphatic heterocycles. The van der Waals surface area contributed by atoms with Gasteiger partial charge in [-0.2, -0.15) is 5.10 Å². The zero-order valence-electron chi connectivity index (χ0n) is 14.6. The van der Waals surface area contributed by atoms with E-state index in [4.69, 9.17) is 9.82 Å². The summed E-state index contributed by atoms with van der Waals surface area (Å²) < 4.78 is 0. The average molecular weight is 366 g/mol. The number of hydrogen-bond donors (Lipinski definition) is 0. The Morgan fingerprint density at radius 1 is 1.23 bits per heavy atom. The average Bonchev–Trinajstić information content (AvgIpc) is 3.08. The van der Waals surface area contributed by atoms with Crippen LogP contribution in [-0.2, 0) is 11.3 Å². The molecule has 0 aromatic carbocycles. The van der Waals surface area contributed by atoms with Crippen molar-refractivity contribution in [2.45, 2.75) is 33.1 Å². The molecule has 8 heteroatoms. The van der Waals surface area contributed by atoms with E-state index in [9.17, 15) is 0 Å². The van der Waals surface area contributed by atoms with E-state index in [1.165, 1.54) is 0 Å². The first-order valence-electron chi connectivity index (χ1n) is 8.57. The third kappa shape index (κ3) is 3.20. The maximum absolute atomic E-state index is 5.24. The predicted octanol–water partition coefficient (Wildman–Crippen LogP) is 3.44. The summed E-state index contributed by atoms with van der Waals surface area (Å²) in [4.78, 5) is 19.7. The molecule has 0 saturated heterocycles. The summed E-state index contributed by atoms with van der Waals surface area (Å²) in [6, 6.07) is 3.90. The molecule has 4 rings (SSSR count). The van der Waals surface area contributed by atoms with E-state index in [1.807, 2.05) is 26.0 Å². The van der Waals surface area contributed by atoms with E-state index >= 15 is 0 Å². The quantitative estimate of drug-likeness (QED) is 0.658. The molecule has 0 radical (unpaired) electrons. The highest BCUT2D eigenvalue weighted by atomic mass is 32.1. The van der Waals surface area contributed by atoms with Gasteiger partial charge in [-0.05, 0) is 45.2 Å². The summed E-state index contributed by atoms with van der Waals surface area (Å²) in [6.07, 6.45) is 6.25. The second-order valence-electron chi connectivity index (χ2n) is 5.92. The maximum atomic E-state index is 5.24. The number of aromatic nitrogens is 5. The standard InChI is InChI=1S/C18H18N6OS/c1-3-25-24-14-8-4-7-13-15(14)21-17(23-22-13)16-11(2)20-18(26-16)12-6-5-9-19-10-12/h5-6,9-10H,3-4,7-8H2,1-2H3/b24-14+. The number of rotatable bonds is 4. The van der Waals surface area contributed by atoms with Crippen LogP contribution in [0.5, 0.6) is 0 Å². The van der Waals surface area contributed by atoms with E-state index in [-0.39, 0.29) is 0 Å². The van der Waals surface area contributed by atoms with Crippen molar-refractivity contribution in [3.63, 3.8) is 0 Å². The number of fused-ring (bicyclic) bond motifs is 1. The number of aryl methyl sites for hydroxylation is 2. The Morgan fingerprint density at radius 3 is 2.96 bits per heavy atom. The van der Waals surface area contributed by atoms with E-state index in [0.717, 1.165) is 57.5 Å². The first-order valence-corrected chi connectivity index (χ1v) is 9.39. The Kier molecular flexibility index (Phi) is 4.66. The molecule has 1 aliphatic rings. The van der Waals surface area contributed by atoms with Crippen molar-refractivity contribution in [3.8, 4) is 21.3 Å². The Bertz CT molecular complexity index is 954. The summed E-state index contributed by atoms with van der Waals surface area (Å²) in [5.74, 6) is 0.583. The van der Waals surface area contributed by atoms with Crippen LogP contribution in [0.4, 0.5) is 0 Å². The number of nitrogens with zero attached hydrogens (tertiary/aromatic N) is 6. The van der Waals surface area contributed by atoms with Gasteiger partial charge in [0.15, 0.2) is 5.82 Å². The minimum atomic E-state index is 0.534. The van der Waals surface area contributed by atoms with Crippen LogP contribution < -0.4 is 0 Å². The lowest BCUT2D eigenvalue weighted by atomic mass is 9.99. The minimum Gasteiger partial charge on any atom is -0.396 e. The second-order valence-corrected chi connectivity index (χ2v) is 6.91. The molecule has 0 atom stereocenters. The zero-order chi connectivity index (χ0) is 17.9. The van der Waals surface area contributed by atoms with Gasteiger partial charge in [0.1, 0.15) is 23.0 Å². The fourth-order valence-corrected chi connectivity index (χ4v) is 3.82.